The van der Waals surface area contributed by atoms with Gasteiger partial charge in [0.1, 0.15) is 0 Å². The van der Waals surface area contributed by atoms with Crippen LogP contribution in [0.2, 0.25) is 58.9 Å². The smallest absolute Gasteiger partial charge is 0.183 e. The van der Waals surface area contributed by atoms with Crippen LogP contribution in [0, 0.1) is 0 Å². The summed E-state index contributed by atoms with van der Waals surface area (Å²) < 4.78 is 6.86. The molecule has 0 fully saturated rings. The zero-order valence-corrected chi connectivity index (χ0v) is 16.8. The SMILES string of the molecule is CCCC(O[Si](C)(C)C)([Si](C)(C)C)[Si](C)(C)C. The molecule has 0 amide bonds. The van der Waals surface area contributed by atoms with E-state index in [0.717, 1.165) is 0 Å². The Labute approximate surface area is 112 Å². The average molecular weight is 291 g/mol. The Bertz CT molecular complexity index is 229. The number of rotatable bonds is 6. The quantitative estimate of drug-likeness (QED) is 0.616. The van der Waals surface area contributed by atoms with Gasteiger partial charge in [0.05, 0.1) is 16.1 Å². The van der Waals surface area contributed by atoms with Crippen LogP contribution in [0.3, 0.4) is 0 Å². The molecule has 0 aliphatic rings. The molecule has 0 aromatic rings. The van der Waals surface area contributed by atoms with E-state index in [2.05, 4.69) is 65.8 Å². The highest BCUT2D eigenvalue weighted by atomic mass is 28.4. The van der Waals surface area contributed by atoms with E-state index in [-0.39, 0.29) is 4.85 Å². The van der Waals surface area contributed by atoms with E-state index in [9.17, 15) is 0 Å². The molecule has 4 heteroatoms. The molecule has 104 valence electrons. The van der Waals surface area contributed by atoms with Crippen LogP contribution in [-0.4, -0.2) is 29.3 Å². The Morgan fingerprint density at radius 1 is 0.765 bits per heavy atom. The first-order chi connectivity index (χ1) is 7.27. The first-order valence-electron chi connectivity index (χ1n) is 6.97. The standard InChI is InChI=1S/C13H34OSi3/c1-11-12-13(15(2,3)4,16(5,6)7)14-17(8,9)10/h11-12H2,1-10H3. The van der Waals surface area contributed by atoms with E-state index < -0.39 is 24.5 Å². The van der Waals surface area contributed by atoms with Gasteiger partial charge in [-0.3, -0.25) is 0 Å². The van der Waals surface area contributed by atoms with Crippen molar-refractivity contribution in [2.24, 2.45) is 0 Å². The molecule has 0 radical (unpaired) electrons. The minimum atomic E-state index is -1.48. The Hall–Kier alpha value is 0.611. The van der Waals surface area contributed by atoms with Crippen molar-refractivity contribution in [3.05, 3.63) is 0 Å². The summed E-state index contributed by atoms with van der Waals surface area (Å²) in [5, 5.41) is 0. The van der Waals surface area contributed by atoms with Gasteiger partial charge < -0.3 is 4.43 Å². The van der Waals surface area contributed by atoms with Crippen molar-refractivity contribution in [3.63, 3.8) is 0 Å². The van der Waals surface area contributed by atoms with Crippen molar-refractivity contribution < 1.29 is 4.43 Å². The third-order valence-corrected chi connectivity index (χ3v) is 14.9. The van der Waals surface area contributed by atoms with E-state index in [0.29, 0.717) is 0 Å². The van der Waals surface area contributed by atoms with Crippen molar-refractivity contribution in [1.29, 1.82) is 0 Å². The van der Waals surface area contributed by atoms with Crippen molar-refractivity contribution >= 4 is 24.5 Å². The molecule has 0 bridgehead atoms. The Morgan fingerprint density at radius 2 is 1.12 bits per heavy atom. The van der Waals surface area contributed by atoms with Crippen LogP contribution in [0.5, 0.6) is 0 Å². The summed E-state index contributed by atoms with van der Waals surface area (Å²) in [4.78, 5) is 0.249. The molecule has 0 spiro atoms. The minimum absolute atomic E-state index is 0.249. The van der Waals surface area contributed by atoms with Crippen LogP contribution in [0.1, 0.15) is 19.8 Å². The fourth-order valence-electron chi connectivity index (χ4n) is 3.11. The molecule has 0 atom stereocenters. The van der Waals surface area contributed by atoms with Crippen LogP contribution in [0.4, 0.5) is 0 Å². The maximum Gasteiger partial charge on any atom is 0.183 e. The highest BCUT2D eigenvalue weighted by molar-refractivity contribution is 6.99. The van der Waals surface area contributed by atoms with Gasteiger partial charge in [0.25, 0.3) is 0 Å². The average Bonchev–Trinajstić information content (AvgIpc) is 1.96. The second kappa shape index (κ2) is 5.31. The molecule has 0 aliphatic carbocycles. The predicted octanol–water partition coefficient (Wildman–Crippen LogP) is 5.13. The van der Waals surface area contributed by atoms with Gasteiger partial charge in [-0.2, -0.15) is 0 Å². The topological polar surface area (TPSA) is 9.23 Å². The zero-order chi connectivity index (χ0) is 14.1. The summed E-state index contributed by atoms with van der Waals surface area (Å²) in [5.74, 6) is 0. The van der Waals surface area contributed by atoms with Gasteiger partial charge in [-0.15, -0.1) is 0 Å². The fourth-order valence-corrected chi connectivity index (χ4v) is 19.5. The summed E-state index contributed by atoms with van der Waals surface area (Å²) in [7, 11) is -4.14. The lowest BCUT2D eigenvalue weighted by Gasteiger charge is -2.55. The van der Waals surface area contributed by atoms with Gasteiger partial charge in [-0.1, -0.05) is 52.6 Å². The van der Waals surface area contributed by atoms with Crippen LogP contribution in [0.25, 0.3) is 0 Å². The molecule has 0 rings (SSSR count). The first kappa shape index (κ1) is 17.6. The lowest BCUT2D eigenvalue weighted by Crippen LogP contribution is -2.70. The van der Waals surface area contributed by atoms with Gasteiger partial charge in [0, 0.05) is 4.85 Å². The van der Waals surface area contributed by atoms with E-state index in [1.165, 1.54) is 12.8 Å². The van der Waals surface area contributed by atoms with Crippen molar-refractivity contribution in [1.82, 2.24) is 0 Å². The summed E-state index contributed by atoms with van der Waals surface area (Å²) >= 11 is 0. The summed E-state index contributed by atoms with van der Waals surface area (Å²) in [6, 6.07) is 0. The van der Waals surface area contributed by atoms with Gasteiger partial charge in [0.2, 0.25) is 0 Å². The van der Waals surface area contributed by atoms with E-state index in [1.54, 1.807) is 0 Å². The maximum atomic E-state index is 6.86. The molecular weight excluding hydrogens is 256 g/mol. The third kappa shape index (κ3) is 4.33. The van der Waals surface area contributed by atoms with Gasteiger partial charge in [0.15, 0.2) is 8.32 Å². The van der Waals surface area contributed by atoms with Crippen molar-refractivity contribution in [2.75, 3.05) is 0 Å². The zero-order valence-electron chi connectivity index (χ0n) is 13.8. The lowest BCUT2D eigenvalue weighted by molar-refractivity contribution is 0.196. The molecular formula is C13H34OSi3. The second-order valence-electron chi connectivity index (χ2n) is 8.29. The summed E-state index contributed by atoms with van der Waals surface area (Å²) in [6.07, 6.45) is 2.52. The normalized spacial score (nSPS) is 15.2. The summed E-state index contributed by atoms with van der Waals surface area (Å²) in [6.45, 7) is 24.3. The van der Waals surface area contributed by atoms with E-state index in [1.807, 2.05) is 0 Å². The Kier molecular flexibility index (Phi) is 5.50. The van der Waals surface area contributed by atoms with Gasteiger partial charge in [-0.05, 0) is 26.1 Å². The molecule has 0 saturated heterocycles. The van der Waals surface area contributed by atoms with Crippen LogP contribution in [-0.2, 0) is 4.43 Å². The number of hydrogen-bond acceptors (Lipinski definition) is 1. The molecule has 0 saturated carbocycles. The van der Waals surface area contributed by atoms with E-state index >= 15 is 0 Å². The van der Waals surface area contributed by atoms with Gasteiger partial charge in [-0.25, -0.2) is 0 Å². The molecule has 1 nitrogen and oxygen atoms in total. The second-order valence-corrected chi connectivity index (χ2v) is 23.8. The molecule has 0 aromatic carbocycles. The van der Waals surface area contributed by atoms with Crippen LogP contribution in [0.15, 0.2) is 0 Å². The highest BCUT2D eigenvalue weighted by Gasteiger charge is 2.54. The lowest BCUT2D eigenvalue weighted by atomic mass is 10.3. The predicted molar refractivity (Wildman–Crippen MR) is 88.8 cm³/mol. The maximum absolute atomic E-state index is 6.86. The van der Waals surface area contributed by atoms with Crippen LogP contribution >= 0.6 is 0 Å². The number of hydrogen-bond donors (Lipinski definition) is 0. The summed E-state index contributed by atoms with van der Waals surface area (Å²) in [5.41, 5.74) is 0. The molecule has 0 aliphatic heterocycles. The molecule has 0 heterocycles. The molecule has 0 unspecified atom stereocenters. The molecule has 0 N–H and O–H groups in total. The Balaban J connectivity index is 5.59. The highest BCUT2D eigenvalue weighted by Crippen LogP contribution is 2.40. The van der Waals surface area contributed by atoms with Gasteiger partial charge >= 0.3 is 0 Å². The Morgan fingerprint density at radius 3 is 1.29 bits per heavy atom. The largest absolute Gasteiger partial charge is 0.418 e. The van der Waals surface area contributed by atoms with Crippen LogP contribution < -0.4 is 0 Å². The molecule has 17 heavy (non-hydrogen) atoms. The third-order valence-electron chi connectivity index (χ3n) is 3.51. The van der Waals surface area contributed by atoms with Crippen molar-refractivity contribution in [3.8, 4) is 0 Å². The molecule has 0 aromatic heterocycles. The first-order valence-corrected chi connectivity index (χ1v) is 17.4. The minimum Gasteiger partial charge on any atom is -0.418 e. The fraction of sp³-hybridized carbons (Fsp3) is 1.00. The van der Waals surface area contributed by atoms with Crippen molar-refractivity contribution in [2.45, 2.75) is 83.5 Å². The monoisotopic (exact) mass is 290 g/mol. The van der Waals surface area contributed by atoms with E-state index in [4.69, 9.17) is 4.43 Å².